The number of hydrogen-bond donors (Lipinski definition) is 0. The first-order valence-corrected chi connectivity index (χ1v) is 15.9. The Bertz CT molecular complexity index is 1710. The Morgan fingerprint density at radius 2 is 1.40 bits per heavy atom. The quantitative estimate of drug-likeness (QED) is 0.229. The van der Waals surface area contributed by atoms with Crippen LogP contribution in [0.25, 0.3) is 33.4 Å². The van der Waals surface area contributed by atoms with E-state index in [1.165, 1.54) is 69.2 Å². The maximum Gasteiger partial charge on any atom is 0.139 e. The number of fused-ring (bicyclic) bond motifs is 5. The highest BCUT2D eigenvalue weighted by Crippen LogP contribution is 2.79. The summed E-state index contributed by atoms with van der Waals surface area (Å²) < 4.78 is 0. The summed E-state index contributed by atoms with van der Waals surface area (Å²) in [6.07, 6.45) is 7.63. The summed E-state index contributed by atoms with van der Waals surface area (Å²) in [6, 6.07) is 30.0. The Kier molecular flexibility index (Phi) is 4.75. The second-order valence-electron chi connectivity index (χ2n) is 14.6. The molecule has 6 atom stereocenters. The largest absolute Gasteiger partial charge is 0.139 e. The Labute approximate surface area is 244 Å². The Hall–Kier alpha value is -2.77. The van der Waals surface area contributed by atoms with Crippen molar-refractivity contribution in [2.75, 3.05) is 0 Å². The van der Waals surface area contributed by atoms with E-state index in [1.807, 2.05) is 0 Å². The highest BCUT2D eigenvalue weighted by molar-refractivity contribution is 6.32. The maximum atomic E-state index is 6.68. The lowest BCUT2D eigenvalue weighted by Crippen LogP contribution is -2.43. The SMILES string of the molecule is Bc1ccc(-c2cc(Cl)cc(-c3ccc4c(c3)C(C)(C)c3cc(C5C6CC7CC8CC5C8(C7)C6)ccc3-4)c2)cc1. The monoisotopic (exact) mass is 538 g/mol. The van der Waals surface area contributed by atoms with Crippen LogP contribution in [0.1, 0.15) is 68.6 Å². The molecule has 198 valence electrons. The fourth-order valence-electron chi connectivity index (χ4n) is 10.6. The molecule has 0 N–H and O–H groups in total. The maximum absolute atomic E-state index is 6.68. The van der Waals surface area contributed by atoms with Crippen molar-refractivity contribution in [3.63, 3.8) is 0 Å². The van der Waals surface area contributed by atoms with Gasteiger partial charge in [-0.1, -0.05) is 85.5 Å². The van der Waals surface area contributed by atoms with Gasteiger partial charge in [0.1, 0.15) is 7.85 Å². The van der Waals surface area contributed by atoms with E-state index in [-0.39, 0.29) is 5.41 Å². The van der Waals surface area contributed by atoms with Crippen molar-refractivity contribution >= 4 is 24.9 Å². The molecule has 4 aromatic rings. The van der Waals surface area contributed by atoms with Crippen molar-refractivity contribution in [3.8, 4) is 33.4 Å². The molecule has 0 nitrogen and oxygen atoms in total. The minimum absolute atomic E-state index is 0.0117. The molecule has 0 heterocycles. The first-order chi connectivity index (χ1) is 19.3. The van der Waals surface area contributed by atoms with Gasteiger partial charge < -0.3 is 0 Å². The third-order valence-electron chi connectivity index (χ3n) is 12.3. The minimum Gasteiger partial charge on any atom is -0.0889 e. The van der Waals surface area contributed by atoms with Gasteiger partial charge >= 0.3 is 0 Å². The molecule has 4 fully saturated rings. The van der Waals surface area contributed by atoms with Gasteiger partial charge in [-0.15, -0.1) is 0 Å². The molecule has 5 aliphatic rings. The molecule has 0 aromatic heterocycles. The molecular weight excluding hydrogens is 503 g/mol. The third-order valence-corrected chi connectivity index (χ3v) is 12.5. The van der Waals surface area contributed by atoms with Crippen molar-refractivity contribution in [1.82, 2.24) is 0 Å². The molecule has 40 heavy (non-hydrogen) atoms. The molecule has 2 heteroatoms. The molecule has 6 unspecified atom stereocenters. The second-order valence-corrected chi connectivity index (χ2v) is 15.0. The molecule has 0 aliphatic heterocycles. The van der Waals surface area contributed by atoms with Crippen LogP contribution in [0.3, 0.4) is 0 Å². The predicted molar refractivity (Wildman–Crippen MR) is 170 cm³/mol. The van der Waals surface area contributed by atoms with Crippen LogP contribution in [0, 0.1) is 29.1 Å². The van der Waals surface area contributed by atoms with Crippen molar-refractivity contribution in [3.05, 3.63) is 101 Å². The predicted octanol–water partition coefficient (Wildman–Crippen LogP) is 8.78. The van der Waals surface area contributed by atoms with Gasteiger partial charge in [-0.25, -0.2) is 0 Å². The average molecular weight is 539 g/mol. The van der Waals surface area contributed by atoms with Gasteiger partial charge in [0, 0.05) is 10.4 Å². The highest BCUT2D eigenvalue weighted by Gasteiger charge is 2.70. The number of halogens is 1. The topological polar surface area (TPSA) is 0 Å². The van der Waals surface area contributed by atoms with Gasteiger partial charge in [0.2, 0.25) is 0 Å². The molecule has 3 bridgehead atoms. The van der Waals surface area contributed by atoms with Gasteiger partial charge in [0.25, 0.3) is 0 Å². The van der Waals surface area contributed by atoms with E-state index in [2.05, 4.69) is 101 Å². The summed E-state index contributed by atoms with van der Waals surface area (Å²) in [4.78, 5) is 0. The van der Waals surface area contributed by atoms with Gasteiger partial charge in [-0.3, -0.25) is 0 Å². The van der Waals surface area contributed by atoms with Crippen molar-refractivity contribution in [1.29, 1.82) is 0 Å². The van der Waals surface area contributed by atoms with Gasteiger partial charge in [0.15, 0.2) is 0 Å². The van der Waals surface area contributed by atoms with Crippen LogP contribution in [-0.2, 0) is 5.41 Å². The van der Waals surface area contributed by atoms with Crippen LogP contribution in [-0.4, -0.2) is 7.85 Å². The molecule has 0 radical (unpaired) electrons. The van der Waals surface area contributed by atoms with Gasteiger partial charge in [-0.2, -0.15) is 0 Å². The fourth-order valence-corrected chi connectivity index (χ4v) is 10.8. The van der Waals surface area contributed by atoms with E-state index in [4.69, 9.17) is 11.6 Å². The van der Waals surface area contributed by atoms with Crippen LogP contribution in [0.4, 0.5) is 0 Å². The normalized spacial score (nSPS) is 31.5. The highest BCUT2D eigenvalue weighted by atomic mass is 35.5. The first kappa shape index (κ1) is 23.9. The molecule has 9 rings (SSSR count). The summed E-state index contributed by atoms with van der Waals surface area (Å²) in [7, 11) is 2.13. The number of benzene rings is 4. The zero-order valence-corrected chi connectivity index (χ0v) is 24.6. The lowest BCUT2D eigenvalue weighted by molar-refractivity contribution is -0.00596. The van der Waals surface area contributed by atoms with E-state index in [0.29, 0.717) is 0 Å². The number of hydrogen-bond acceptors (Lipinski definition) is 0. The van der Waals surface area contributed by atoms with E-state index in [1.54, 1.807) is 18.4 Å². The molecule has 4 aromatic carbocycles. The van der Waals surface area contributed by atoms with Crippen LogP contribution in [0.5, 0.6) is 0 Å². The lowest BCUT2D eigenvalue weighted by atomic mass is 9.54. The summed E-state index contributed by atoms with van der Waals surface area (Å²) in [5.41, 5.74) is 14.3. The molecule has 0 saturated heterocycles. The Morgan fingerprint density at radius 1 is 0.700 bits per heavy atom. The Balaban J connectivity index is 1.09. The summed E-state index contributed by atoms with van der Waals surface area (Å²) >= 11 is 6.68. The van der Waals surface area contributed by atoms with Crippen molar-refractivity contribution in [2.24, 2.45) is 29.1 Å². The zero-order valence-electron chi connectivity index (χ0n) is 23.8. The minimum atomic E-state index is -0.0117. The lowest BCUT2D eigenvalue weighted by Gasteiger charge is -2.51. The molecular formula is C38H36BCl. The molecule has 0 amide bonds. The van der Waals surface area contributed by atoms with E-state index in [9.17, 15) is 0 Å². The van der Waals surface area contributed by atoms with Crippen molar-refractivity contribution < 1.29 is 0 Å². The summed E-state index contributed by atoms with van der Waals surface area (Å²) in [6.45, 7) is 4.88. The van der Waals surface area contributed by atoms with Crippen molar-refractivity contribution in [2.45, 2.75) is 57.3 Å². The van der Waals surface area contributed by atoms with Gasteiger partial charge in [-0.05, 0) is 141 Å². The van der Waals surface area contributed by atoms with Crippen LogP contribution < -0.4 is 5.46 Å². The standard InChI is InChI=1S/C38H36BCl/c1-37(2)33-16-23(26-13-25(14-30(40)15-26)22-3-7-29(39)8-4-22)5-9-31(33)32-10-6-24(17-34(32)37)36-27-11-21-12-28-18-35(36)38(28,19-21)20-27/h3-10,13-17,21,27-28,35-36H,11-12,18-20,39H2,1-2H3. The average Bonchev–Trinajstić information content (AvgIpc) is 3.37. The van der Waals surface area contributed by atoms with E-state index in [0.717, 1.165) is 40.0 Å². The van der Waals surface area contributed by atoms with E-state index < -0.39 is 0 Å². The van der Waals surface area contributed by atoms with Gasteiger partial charge in [0.05, 0.1) is 0 Å². The van der Waals surface area contributed by atoms with Crippen LogP contribution in [0.2, 0.25) is 5.02 Å². The first-order valence-electron chi connectivity index (χ1n) is 15.5. The third kappa shape index (κ3) is 3.11. The van der Waals surface area contributed by atoms with E-state index >= 15 is 0 Å². The second kappa shape index (κ2) is 7.95. The van der Waals surface area contributed by atoms with Crippen LogP contribution in [0.15, 0.2) is 78.9 Å². The zero-order chi connectivity index (χ0) is 27.0. The molecule has 1 spiro atoms. The molecule has 5 aliphatic carbocycles. The summed E-state index contributed by atoms with van der Waals surface area (Å²) in [5, 5.41) is 0.786. The fraction of sp³-hybridized carbons (Fsp3) is 0.368. The number of rotatable bonds is 3. The smallest absolute Gasteiger partial charge is 0.0889 e. The Morgan fingerprint density at radius 3 is 2.20 bits per heavy atom. The molecule has 4 saturated carbocycles. The van der Waals surface area contributed by atoms with Crippen LogP contribution >= 0.6 is 11.6 Å². The summed E-state index contributed by atoms with van der Waals surface area (Å²) in [5.74, 6) is 4.78.